The van der Waals surface area contributed by atoms with Gasteiger partial charge in [0.2, 0.25) is 0 Å². The molecular weight excluding hydrogens is 241 g/mol. The fraction of sp³-hybridized carbons (Fsp3) is 1.00. The van der Waals surface area contributed by atoms with E-state index in [0.29, 0.717) is 24.9 Å². The average molecular weight is 266 g/mol. The van der Waals surface area contributed by atoms with Crippen LogP contribution >= 0.6 is 0 Å². The van der Waals surface area contributed by atoms with E-state index < -0.39 is 12.7 Å². The third kappa shape index (κ3) is 6.59. The highest BCUT2D eigenvalue weighted by molar-refractivity contribution is 4.86. The molecule has 0 amide bonds. The van der Waals surface area contributed by atoms with Crippen molar-refractivity contribution < 1.29 is 13.2 Å². The number of halogens is 3. The Morgan fingerprint density at radius 1 is 1.28 bits per heavy atom. The monoisotopic (exact) mass is 266 g/mol. The molecule has 0 saturated heterocycles. The Kier molecular flexibility index (Phi) is 5.92. The summed E-state index contributed by atoms with van der Waals surface area (Å²) < 4.78 is 37.3. The third-order valence-electron chi connectivity index (χ3n) is 3.41. The zero-order valence-electron chi connectivity index (χ0n) is 11.3. The van der Waals surface area contributed by atoms with Crippen LogP contribution in [0.3, 0.4) is 0 Å². The summed E-state index contributed by atoms with van der Waals surface area (Å²) in [7, 11) is 0. The number of rotatable bonds is 8. The summed E-state index contributed by atoms with van der Waals surface area (Å²) in [5, 5.41) is 0. The molecule has 1 saturated carbocycles. The van der Waals surface area contributed by atoms with E-state index in [1.54, 1.807) is 4.90 Å². The molecule has 1 rings (SSSR count). The second-order valence-corrected chi connectivity index (χ2v) is 5.84. The van der Waals surface area contributed by atoms with E-state index in [4.69, 9.17) is 5.73 Å². The van der Waals surface area contributed by atoms with Crippen molar-refractivity contribution >= 4 is 0 Å². The topological polar surface area (TPSA) is 29.3 Å². The molecule has 2 nitrogen and oxygen atoms in total. The van der Waals surface area contributed by atoms with E-state index in [-0.39, 0.29) is 6.04 Å². The fourth-order valence-corrected chi connectivity index (χ4v) is 2.41. The van der Waals surface area contributed by atoms with Gasteiger partial charge in [-0.15, -0.1) is 0 Å². The molecule has 0 radical (unpaired) electrons. The van der Waals surface area contributed by atoms with Crippen molar-refractivity contribution in [2.24, 2.45) is 17.6 Å². The van der Waals surface area contributed by atoms with E-state index >= 15 is 0 Å². The van der Waals surface area contributed by atoms with Gasteiger partial charge in [-0.3, -0.25) is 4.90 Å². The molecule has 1 aliphatic carbocycles. The third-order valence-corrected chi connectivity index (χ3v) is 3.41. The van der Waals surface area contributed by atoms with Gasteiger partial charge >= 0.3 is 6.18 Å². The van der Waals surface area contributed by atoms with Crippen LogP contribution in [0.4, 0.5) is 13.2 Å². The lowest BCUT2D eigenvalue weighted by molar-refractivity contribution is -0.147. The minimum Gasteiger partial charge on any atom is -0.330 e. The highest BCUT2D eigenvalue weighted by Crippen LogP contribution is 2.30. The molecule has 1 unspecified atom stereocenters. The lowest BCUT2D eigenvalue weighted by Gasteiger charge is -2.26. The zero-order valence-corrected chi connectivity index (χ0v) is 11.3. The van der Waals surface area contributed by atoms with Crippen LogP contribution < -0.4 is 5.73 Å². The molecule has 0 aliphatic heterocycles. The molecule has 0 aromatic carbocycles. The molecule has 1 aliphatic rings. The van der Waals surface area contributed by atoms with E-state index in [2.05, 4.69) is 13.8 Å². The standard InChI is InChI=1S/C13H25F3N2/c1-10(2)7-11(8-17)5-6-18(12-3-4-12)9-13(14,15)16/h10-12H,3-9,17H2,1-2H3. The highest BCUT2D eigenvalue weighted by atomic mass is 19.4. The summed E-state index contributed by atoms with van der Waals surface area (Å²) >= 11 is 0. The molecule has 2 N–H and O–H groups in total. The van der Waals surface area contributed by atoms with Gasteiger partial charge in [-0.25, -0.2) is 0 Å². The smallest absolute Gasteiger partial charge is 0.330 e. The quantitative estimate of drug-likeness (QED) is 0.731. The summed E-state index contributed by atoms with van der Waals surface area (Å²) in [6, 6.07) is 0.157. The van der Waals surface area contributed by atoms with Gasteiger partial charge in [-0.1, -0.05) is 13.8 Å². The summed E-state index contributed by atoms with van der Waals surface area (Å²) in [6.45, 7) is 4.58. The molecule has 1 atom stereocenters. The summed E-state index contributed by atoms with van der Waals surface area (Å²) in [5.41, 5.74) is 5.69. The van der Waals surface area contributed by atoms with Crippen LogP contribution in [0.2, 0.25) is 0 Å². The largest absolute Gasteiger partial charge is 0.401 e. The van der Waals surface area contributed by atoms with E-state index in [9.17, 15) is 13.2 Å². The Labute approximate surface area is 108 Å². The molecule has 18 heavy (non-hydrogen) atoms. The molecule has 108 valence electrons. The van der Waals surface area contributed by atoms with Gasteiger partial charge in [0, 0.05) is 6.04 Å². The van der Waals surface area contributed by atoms with Gasteiger partial charge < -0.3 is 5.73 Å². The van der Waals surface area contributed by atoms with Crippen molar-refractivity contribution in [1.29, 1.82) is 0 Å². The minimum atomic E-state index is -4.08. The van der Waals surface area contributed by atoms with Gasteiger partial charge in [-0.2, -0.15) is 13.2 Å². The van der Waals surface area contributed by atoms with Crippen molar-refractivity contribution in [3.05, 3.63) is 0 Å². The van der Waals surface area contributed by atoms with Gasteiger partial charge in [0.25, 0.3) is 0 Å². The number of hydrogen-bond donors (Lipinski definition) is 1. The van der Waals surface area contributed by atoms with Crippen molar-refractivity contribution in [2.75, 3.05) is 19.6 Å². The average Bonchev–Trinajstić information content (AvgIpc) is 3.03. The normalized spacial score (nSPS) is 18.7. The lowest BCUT2D eigenvalue weighted by Crippen LogP contribution is -2.37. The first kappa shape index (κ1) is 15.8. The minimum absolute atomic E-state index is 0.157. The Bertz CT molecular complexity index is 237. The predicted molar refractivity (Wildman–Crippen MR) is 67.3 cm³/mol. The van der Waals surface area contributed by atoms with Crippen LogP contribution in [0.1, 0.15) is 39.5 Å². The Morgan fingerprint density at radius 3 is 2.28 bits per heavy atom. The van der Waals surface area contributed by atoms with Crippen LogP contribution in [-0.2, 0) is 0 Å². The van der Waals surface area contributed by atoms with Crippen LogP contribution in [0, 0.1) is 11.8 Å². The van der Waals surface area contributed by atoms with Gasteiger partial charge in [0.05, 0.1) is 6.54 Å². The summed E-state index contributed by atoms with van der Waals surface area (Å²) in [4.78, 5) is 1.59. The molecular formula is C13H25F3N2. The summed E-state index contributed by atoms with van der Waals surface area (Å²) in [5.74, 6) is 0.898. The van der Waals surface area contributed by atoms with E-state index in [1.165, 1.54) is 0 Å². The number of hydrogen-bond acceptors (Lipinski definition) is 2. The van der Waals surface area contributed by atoms with Crippen molar-refractivity contribution in [1.82, 2.24) is 4.90 Å². The Balaban J connectivity index is 2.36. The number of nitrogens with two attached hydrogens (primary N) is 1. The van der Waals surface area contributed by atoms with Gasteiger partial charge in [0.15, 0.2) is 0 Å². The summed E-state index contributed by atoms with van der Waals surface area (Å²) in [6.07, 6.45) is -0.484. The fourth-order valence-electron chi connectivity index (χ4n) is 2.41. The maximum Gasteiger partial charge on any atom is 0.401 e. The molecule has 0 heterocycles. The Hall–Kier alpha value is -0.290. The molecule has 1 fully saturated rings. The molecule has 0 aromatic rings. The lowest BCUT2D eigenvalue weighted by atomic mass is 9.94. The van der Waals surface area contributed by atoms with E-state index in [1.807, 2.05) is 0 Å². The second kappa shape index (κ2) is 6.75. The maximum absolute atomic E-state index is 12.4. The molecule has 0 bridgehead atoms. The first-order valence-corrected chi connectivity index (χ1v) is 6.82. The van der Waals surface area contributed by atoms with Crippen LogP contribution in [0.15, 0.2) is 0 Å². The van der Waals surface area contributed by atoms with Gasteiger partial charge in [0.1, 0.15) is 0 Å². The molecule has 0 aromatic heterocycles. The van der Waals surface area contributed by atoms with Crippen molar-refractivity contribution in [3.8, 4) is 0 Å². The first-order valence-electron chi connectivity index (χ1n) is 6.82. The number of nitrogens with zero attached hydrogens (tertiary/aromatic N) is 1. The maximum atomic E-state index is 12.4. The van der Waals surface area contributed by atoms with Crippen LogP contribution in [-0.4, -0.2) is 36.8 Å². The van der Waals surface area contributed by atoms with Crippen molar-refractivity contribution in [2.45, 2.75) is 51.7 Å². The SMILES string of the molecule is CC(C)CC(CN)CCN(CC(F)(F)F)C1CC1. The second-order valence-electron chi connectivity index (χ2n) is 5.84. The molecule has 0 spiro atoms. The number of alkyl halides is 3. The van der Waals surface area contributed by atoms with Crippen LogP contribution in [0.5, 0.6) is 0 Å². The van der Waals surface area contributed by atoms with Crippen molar-refractivity contribution in [3.63, 3.8) is 0 Å². The van der Waals surface area contributed by atoms with Gasteiger partial charge in [-0.05, 0) is 50.6 Å². The first-order chi connectivity index (χ1) is 8.31. The predicted octanol–water partition coefficient (Wildman–Crippen LogP) is 3.02. The Morgan fingerprint density at radius 2 is 1.89 bits per heavy atom. The molecule has 5 heteroatoms. The van der Waals surface area contributed by atoms with E-state index in [0.717, 1.165) is 25.7 Å². The highest BCUT2D eigenvalue weighted by Gasteiger charge is 2.37. The van der Waals surface area contributed by atoms with Crippen LogP contribution in [0.25, 0.3) is 0 Å². The zero-order chi connectivity index (χ0) is 13.8.